The van der Waals surface area contributed by atoms with Crippen molar-refractivity contribution < 1.29 is 9.53 Å². The minimum absolute atomic E-state index is 0.0258. The maximum absolute atomic E-state index is 12.6. The number of methoxy groups -OCH3 is 1. The van der Waals surface area contributed by atoms with Gasteiger partial charge in [0.2, 0.25) is 5.91 Å². The standard InChI is InChI=1S/C16H24N2O2/c1-11(2)14-16(19)18(10-12(3)20-4)15(17-14)13-8-6-5-7-9-13/h5-9,11-12,14-15,17H,10H2,1-4H3. The minimum Gasteiger partial charge on any atom is -0.380 e. The van der Waals surface area contributed by atoms with Crippen molar-refractivity contribution in [1.82, 2.24) is 10.2 Å². The molecule has 0 aliphatic carbocycles. The number of benzene rings is 1. The van der Waals surface area contributed by atoms with Gasteiger partial charge in [0.15, 0.2) is 0 Å². The van der Waals surface area contributed by atoms with Crippen LogP contribution in [0.4, 0.5) is 0 Å². The van der Waals surface area contributed by atoms with Gasteiger partial charge in [0.05, 0.1) is 12.1 Å². The number of carbonyl (C=O) groups excluding carboxylic acids is 1. The Balaban J connectivity index is 2.25. The Kier molecular flexibility index (Phi) is 4.78. The number of carbonyl (C=O) groups is 1. The van der Waals surface area contributed by atoms with Gasteiger partial charge in [0.25, 0.3) is 0 Å². The first-order chi connectivity index (χ1) is 9.54. The summed E-state index contributed by atoms with van der Waals surface area (Å²) in [5, 5.41) is 3.46. The summed E-state index contributed by atoms with van der Waals surface area (Å²) in [6.45, 7) is 6.73. The van der Waals surface area contributed by atoms with E-state index in [0.717, 1.165) is 5.56 Å². The lowest BCUT2D eigenvalue weighted by Crippen LogP contribution is -2.38. The lowest BCUT2D eigenvalue weighted by Gasteiger charge is -2.26. The van der Waals surface area contributed by atoms with Gasteiger partial charge in [-0.15, -0.1) is 0 Å². The summed E-state index contributed by atoms with van der Waals surface area (Å²) in [4.78, 5) is 14.5. The van der Waals surface area contributed by atoms with E-state index in [1.807, 2.05) is 30.0 Å². The van der Waals surface area contributed by atoms with Gasteiger partial charge in [0.1, 0.15) is 6.17 Å². The van der Waals surface area contributed by atoms with Gasteiger partial charge in [-0.3, -0.25) is 10.1 Å². The molecule has 2 rings (SSSR count). The molecule has 1 fully saturated rings. The summed E-state index contributed by atoms with van der Waals surface area (Å²) in [6.07, 6.45) is -0.0356. The van der Waals surface area contributed by atoms with Crippen molar-refractivity contribution in [2.45, 2.75) is 39.1 Å². The van der Waals surface area contributed by atoms with Crippen LogP contribution in [0, 0.1) is 5.92 Å². The van der Waals surface area contributed by atoms with Gasteiger partial charge in [-0.05, 0) is 18.4 Å². The molecule has 0 saturated carbocycles. The second kappa shape index (κ2) is 6.37. The first-order valence-corrected chi connectivity index (χ1v) is 7.19. The van der Waals surface area contributed by atoms with Gasteiger partial charge in [0, 0.05) is 13.7 Å². The quantitative estimate of drug-likeness (QED) is 0.896. The number of nitrogens with zero attached hydrogens (tertiary/aromatic N) is 1. The summed E-state index contributed by atoms with van der Waals surface area (Å²) in [5.41, 5.74) is 1.12. The van der Waals surface area contributed by atoms with Crippen LogP contribution in [0.1, 0.15) is 32.5 Å². The topological polar surface area (TPSA) is 41.6 Å². The van der Waals surface area contributed by atoms with E-state index in [-0.39, 0.29) is 30.1 Å². The molecule has 4 heteroatoms. The molecule has 1 N–H and O–H groups in total. The van der Waals surface area contributed by atoms with Crippen LogP contribution in [-0.4, -0.2) is 36.6 Å². The van der Waals surface area contributed by atoms with E-state index in [4.69, 9.17) is 4.74 Å². The van der Waals surface area contributed by atoms with Crippen molar-refractivity contribution >= 4 is 5.91 Å². The number of nitrogens with one attached hydrogen (secondary N) is 1. The molecule has 4 nitrogen and oxygen atoms in total. The number of ether oxygens (including phenoxy) is 1. The zero-order valence-electron chi connectivity index (χ0n) is 12.7. The Morgan fingerprint density at radius 3 is 2.45 bits per heavy atom. The predicted octanol–water partition coefficient (Wildman–Crippen LogP) is 2.18. The maximum Gasteiger partial charge on any atom is 0.241 e. The molecule has 3 unspecified atom stereocenters. The van der Waals surface area contributed by atoms with Crippen LogP contribution in [-0.2, 0) is 9.53 Å². The minimum atomic E-state index is -0.121. The molecule has 1 aliphatic rings. The van der Waals surface area contributed by atoms with Crippen LogP contribution >= 0.6 is 0 Å². The number of hydrogen-bond donors (Lipinski definition) is 1. The van der Waals surface area contributed by atoms with Crippen LogP contribution in [0.3, 0.4) is 0 Å². The van der Waals surface area contributed by atoms with E-state index in [0.29, 0.717) is 6.54 Å². The molecular weight excluding hydrogens is 252 g/mol. The smallest absolute Gasteiger partial charge is 0.241 e. The normalized spacial score (nSPS) is 24.4. The lowest BCUT2D eigenvalue weighted by atomic mass is 10.1. The molecule has 0 radical (unpaired) electrons. The molecule has 1 aromatic carbocycles. The zero-order chi connectivity index (χ0) is 14.7. The van der Waals surface area contributed by atoms with Gasteiger partial charge in [-0.25, -0.2) is 0 Å². The first kappa shape index (κ1) is 15.0. The summed E-state index contributed by atoms with van der Waals surface area (Å²) in [5.74, 6) is 0.439. The molecule has 20 heavy (non-hydrogen) atoms. The van der Waals surface area contributed by atoms with E-state index in [1.165, 1.54) is 0 Å². The zero-order valence-corrected chi connectivity index (χ0v) is 12.7. The molecule has 1 aliphatic heterocycles. The number of amides is 1. The summed E-state index contributed by atoms with van der Waals surface area (Å²) in [7, 11) is 1.68. The Hall–Kier alpha value is -1.39. The highest BCUT2D eigenvalue weighted by Crippen LogP contribution is 2.28. The molecule has 0 aromatic heterocycles. The average Bonchev–Trinajstić information content (AvgIpc) is 2.77. The maximum atomic E-state index is 12.6. The average molecular weight is 276 g/mol. The fourth-order valence-corrected chi connectivity index (χ4v) is 2.57. The fourth-order valence-electron chi connectivity index (χ4n) is 2.57. The largest absolute Gasteiger partial charge is 0.380 e. The van der Waals surface area contributed by atoms with Gasteiger partial charge >= 0.3 is 0 Å². The van der Waals surface area contributed by atoms with E-state index < -0.39 is 0 Å². The summed E-state index contributed by atoms with van der Waals surface area (Å²) >= 11 is 0. The van der Waals surface area contributed by atoms with E-state index in [2.05, 4.69) is 31.3 Å². The molecule has 1 heterocycles. The van der Waals surface area contributed by atoms with Crippen LogP contribution in [0.15, 0.2) is 30.3 Å². The van der Waals surface area contributed by atoms with Crippen molar-refractivity contribution in [1.29, 1.82) is 0 Å². The molecule has 0 bridgehead atoms. The monoisotopic (exact) mass is 276 g/mol. The van der Waals surface area contributed by atoms with Crippen LogP contribution in [0.2, 0.25) is 0 Å². The Morgan fingerprint density at radius 2 is 1.90 bits per heavy atom. The highest BCUT2D eigenvalue weighted by atomic mass is 16.5. The van der Waals surface area contributed by atoms with Crippen molar-refractivity contribution in [2.75, 3.05) is 13.7 Å². The molecule has 1 aromatic rings. The Morgan fingerprint density at radius 1 is 1.25 bits per heavy atom. The molecule has 1 amide bonds. The summed E-state index contributed by atoms with van der Waals surface area (Å²) < 4.78 is 5.32. The van der Waals surface area contributed by atoms with Crippen LogP contribution in [0.25, 0.3) is 0 Å². The van der Waals surface area contributed by atoms with Crippen molar-refractivity contribution in [3.8, 4) is 0 Å². The molecule has 0 spiro atoms. The highest BCUT2D eigenvalue weighted by molar-refractivity contribution is 5.84. The fraction of sp³-hybridized carbons (Fsp3) is 0.562. The van der Waals surface area contributed by atoms with Crippen molar-refractivity contribution in [3.05, 3.63) is 35.9 Å². The number of hydrogen-bond acceptors (Lipinski definition) is 3. The van der Waals surface area contributed by atoms with E-state index in [1.54, 1.807) is 7.11 Å². The molecule has 1 saturated heterocycles. The second-order valence-corrected chi connectivity index (χ2v) is 5.74. The van der Waals surface area contributed by atoms with Gasteiger partial charge < -0.3 is 9.64 Å². The molecular formula is C16H24N2O2. The third-order valence-corrected chi connectivity index (χ3v) is 3.84. The third kappa shape index (κ3) is 3.02. The van der Waals surface area contributed by atoms with Crippen LogP contribution in [0.5, 0.6) is 0 Å². The molecule has 3 atom stereocenters. The van der Waals surface area contributed by atoms with Crippen LogP contribution < -0.4 is 5.32 Å². The van der Waals surface area contributed by atoms with E-state index in [9.17, 15) is 4.79 Å². The van der Waals surface area contributed by atoms with Gasteiger partial charge in [-0.1, -0.05) is 44.2 Å². The summed E-state index contributed by atoms with van der Waals surface area (Å²) in [6, 6.07) is 9.98. The van der Waals surface area contributed by atoms with Gasteiger partial charge in [-0.2, -0.15) is 0 Å². The third-order valence-electron chi connectivity index (χ3n) is 3.84. The van der Waals surface area contributed by atoms with E-state index >= 15 is 0 Å². The van der Waals surface area contributed by atoms with Crippen molar-refractivity contribution in [3.63, 3.8) is 0 Å². The number of rotatable bonds is 5. The lowest BCUT2D eigenvalue weighted by molar-refractivity contribution is -0.132. The second-order valence-electron chi connectivity index (χ2n) is 5.74. The SMILES string of the molecule is COC(C)CN1C(=O)C(C(C)C)NC1c1ccccc1. The predicted molar refractivity (Wildman–Crippen MR) is 79.1 cm³/mol. The highest BCUT2D eigenvalue weighted by Gasteiger charge is 2.41. The Labute approximate surface area is 121 Å². The molecule has 110 valence electrons. The Bertz CT molecular complexity index is 447. The van der Waals surface area contributed by atoms with Crippen molar-refractivity contribution in [2.24, 2.45) is 5.92 Å². The first-order valence-electron chi connectivity index (χ1n) is 7.19.